The molecule has 0 aromatic rings. The molecule has 0 radical (unpaired) electrons. The first kappa shape index (κ1) is 13.3. The van der Waals surface area contributed by atoms with Crippen molar-refractivity contribution in [3.63, 3.8) is 0 Å². The number of carbonyl (C=O) groups is 1. The molecular weight excluding hydrogens is 206 g/mol. The number of alkyl carbamates (subject to hydrolysis) is 1. The molecule has 0 saturated heterocycles. The second-order valence-corrected chi connectivity index (χ2v) is 5.67. The Kier molecular flexibility index (Phi) is 4.19. The standard InChI is InChI=1S/C12H23NO3/c1-8(12(2,3)4)13-11(15)16-10-7-5-6-9(10)14/h8-10,14H,5-7H2,1-4H3,(H,13,15)/t8-,9-,10-/m1/s1. The van der Waals surface area contributed by atoms with Crippen LogP contribution in [0.5, 0.6) is 0 Å². The zero-order chi connectivity index (χ0) is 12.3. The Bertz CT molecular complexity index is 241. The number of amides is 1. The molecule has 4 heteroatoms. The van der Waals surface area contributed by atoms with E-state index < -0.39 is 12.2 Å². The highest BCUT2D eigenvalue weighted by atomic mass is 16.6. The van der Waals surface area contributed by atoms with E-state index in [0.29, 0.717) is 0 Å². The summed E-state index contributed by atoms with van der Waals surface area (Å²) in [6.45, 7) is 8.12. The van der Waals surface area contributed by atoms with Gasteiger partial charge in [-0.15, -0.1) is 0 Å². The van der Waals surface area contributed by atoms with Gasteiger partial charge >= 0.3 is 6.09 Å². The molecule has 1 amide bonds. The molecule has 1 fully saturated rings. The Hall–Kier alpha value is -0.770. The zero-order valence-corrected chi connectivity index (χ0v) is 10.6. The molecule has 0 aromatic carbocycles. The van der Waals surface area contributed by atoms with E-state index in [1.54, 1.807) is 0 Å². The third kappa shape index (κ3) is 3.67. The molecule has 16 heavy (non-hydrogen) atoms. The van der Waals surface area contributed by atoms with Crippen molar-refractivity contribution in [1.82, 2.24) is 5.32 Å². The molecule has 0 bridgehead atoms. The Morgan fingerprint density at radius 2 is 2.06 bits per heavy atom. The first-order valence-electron chi connectivity index (χ1n) is 5.96. The van der Waals surface area contributed by atoms with Gasteiger partial charge in [0.25, 0.3) is 0 Å². The van der Waals surface area contributed by atoms with Crippen LogP contribution in [0, 0.1) is 5.41 Å². The van der Waals surface area contributed by atoms with Gasteiger partial charge in [-0.2, -0.15) is 0 Å². The van der Waals surface area contributed by atoms with Crippen LogP contribution in [-0.2, 0) is 4.74 Å². The van der Waals surface area contributed by atoms with Gasteiger partial charge < -0.3 is 15.2 Å². The van der Waals surface area contributed by atoms with Crippen molar-refractivity contribution in [2.45, 2.75) is 65.2 Å². The first-order chi connectivity index (χ1) is 7.30. The topological polar surface area (TPSA) is 58.6 Å². The van der Waals surface area contributed by atoms with Gasteiger partial charge in [0.15, 0.2) is 0 Å². The summed E-state index contributed by atoms with van der Waals surface area (Å²) in [6, 6.07) is 0.0403. The maximum absolute atomic E-state index is 11.6. The minimum atomic E-state index is -0.490. The van der Waals surface area contributed by atoms with Crippen molar-refractivity contribution in [2.75, 3.05) is 0 Å². The summed E-state index contributed by atoms with van der Waals surface area (Å²) < 4.78 is 5.19. The molecule has 0 aromatic heterocycles. The predicted octanol–water partition coefficient (Wildman–Crippen LogP) is 2.06. The fraction of sp³-hybridized carbons (Fsp3) is 0.917. The van der Waals surface area contributed by atoms with Crippen LogP contribution in [-0.4, -0.2) is 29.4 Å². The van der Waals surface area contributed by atoms with Crippen LogP contribution in [0.2, 0.25) is 0 Å². The van der Waals surface area contributed by atoms with E-state index in [1.165, 1.54) is 0 Å². The zero-order valence-electron chi connectivity index (χ0n) is 10.6. The third-order valence-electron chi connectivity index (χ3n) is 3.31. The average molecular weight is 229 g/mol. The summed E-state index contributed by atoms with van der Waals surface area (Å²) in [5, 5.41) is 12.3. The van der Waals surface area contributed by atoms with E-state index in [2.05, 4.69) is 26.1 Å². The Labute approximate surface area is 97.4 Å². The highest BCUT2D eigenvalue weighted by Gasteiger charge is 2.30. The summed E-state index contributed by atoms with van der Waals surface area (Å²) in [4.78, 5) is 11.6. The highest BCUT2D eigenvalue weighted by Crippen LogP contribution is 2.23. The number of carbonyl (C=O) groups excluding carboxylic acids is 1. The summed E-state index contributed by atoms with van der Waals surface area (Å²) in [5.41, 5.74) is 0.00725. The molecule has 0 unspecified atom stereocenters. The van der Waals surface area contributed by atoms with Gasteiger partial charge in [0.1, 0.15) is 6.10 Å². The molecule has 0 aliphatic heterocycles. The maximum Gasteiger partial charge on any atom is 0.407 e. The van der Waals surface area contributed by atoms with Crippen molar-refractivity contribution >= 4 is 6.09 Å². The summed E-state index contributed by atoms with van der Waals surface area (Å²) in [6.07, 6.45) is 1.18. The van der Waals surface area contributed by atoms with Crippen LogP contribution in [0.3, 0.4) is 0 Å². The minimum Gasteiger partial charge on any atom is -0.443 e. The SMILES string of the molecule is C[C@@H](NC(=O)O[C@@H]1CCC[C@H]1O)C(C)(C)C. The van der Waals surface area contributed by atoms with Gasteiger partial charge in [0.05, 0.1) is 6.10 Å². The molecule has 0 heterocycles. The van der Waals surface area contributed by atoms with E-state index in [9.17, 15) is 9.90 Å². The predicted molar refractivity (Wildman–Crippen MR) is 62.2 cm³/mol. The second kappa shape index (κ2) is 5.04. The van der Waals surface area contributed by atoms with Gasteiger partial charge in [-0.3, -0.25) is 0 Å². The van der Waals surface area contributed by atoms with Crippen molar-refractivity contribution in [3.8, 4) is 0 Å². The molecule has 1 aliphatic rings. The Morgan fingerprint density at radius 3 is 2.50 bits per heavy atom. The lowest BCUT2D eigenvalue weighted by Crippen LogP contribution is -2.43. The second-order valence-electron chi connectivity index (χ2n) is 5.67. The van der Waals surface area contributed by atoms with Crippen molar-refractivity contribution in [2.24, 2.45) is 5.41 Å². The summed E-state index contributed by atoms with van der Waals surface area (Å²) >= 11 is 0. The average Bonchev–Trinajstić information content (AvgIpc) is 2.50. The number of rotatable bonds is 2. The van der Waals surface area contributed by atoms with E-state index >= 15 is 0 Å². The minimum absolute atomic E-state index is 0.00725. The quantitative estimate of drug-likeness (QED) is 0.762. The highest BCUT2D eigenvalue weighted by molar-refractivity contribution is 5.67. The lowest BCUT2D eigenvalue weighted by Gasteiger charge is -2.28. The molecule has 1 rings (SSSR count). The lowest BCUT2D eigenvalue weighted by atomic mass is 9.88. The van der Waals surface area contributed by atoms with Crippen LogP contribution < -0.4 is 5.32 Å². The van der Waals surface area contributed by atoms with Gasteiger partial charge in [0.2, 0.25) is 0 Å². The molecule has 1 saturated carbocycles. The van der Waals surface area contributed by atoms with E-state index in [0.717, 1.165) is 19.3 Å². The molecular formula is C12H23NO3. The van der Waals surface area contributed by atoms with E-state index in [1.807, 2.05) is 6.92 Å². The first-order valence-corrected chi connectivity index (χ1v) is 5.96. The van der Waals surface area contributed by atoms with Crippen molar-refractivity contribution in [3.05, 3.63) is 0 Å². The summed E-state index contributed by atoms with van der Waals surface area (Å²) in [7, 11) is 0. The van der Waals surface area contributed by atoms with Crippen LogP contribution in [0.4, 0.5) is 4.79 Å². The van der Waals surface area contributed by atoms with Crippen LogP contribution in [0.25, 0.3) is 0 Å². The van der Waals surface area contributed by atoms with E-state index in [-0.39, 0.29) is 17.6 Å². The monoisotopic (exact) mass is 229 g/mol. The smallest absolute Gasteiger partial charge is 0.407 e. The fourth-order valence-electron chi connectivity index (χ4n) is 1.61. The number of aliphatic hydroxyl groups excluding tert-OH is 1. The maximum atomic E-state index is 11.6. The lowest BCUT2D eigenvalue weighted by molar-refractivity contribution is 0.0195. The number of aliphatic hydroxyl groups is 1. The van der Waals surface area contributed by atoms with E-state index in [4.69, 9.17) is 4.74 Å². The number of nitrogens with one attached hydrogen (secondary N) is 1. The molecule has 1 aliphatic carbocycles. The number of ether oxygens (including phenoxy) is 1. The van der Waals surface area contributed by atoms with Crippen LogP contribution in [0.1, 0.15) is 47.0 Å². The molecule has 3 atom stereocenters. The van der Waals surface area contributed by atoms with Gasteiger partial charge in [-0.25, -0.2) is 4.79 Å². The van der Waals surface area contributed by atoms with Crippen molar-refractivity contribution < 1.29 is 14.6 Å². The number of hydrogen-bond acceptors (Lipinski definition) is 3. The normalized spacial score (nSPS) is 27.6. The molecule has 2 N–H and O–H groups in total. The molecule has 4 nitrogen and oxygen atoms in total. The Balaban J connectivity index is 2.36. The summed E-state index contributed by atoms with van der Waals surface area (Å²) in [5.74, 6) is 0. The third-order valence-corrected chi connectivity index (χ3v) is 3.31. The molecule has 0 spiro atoms. The fourth-order valence-corrected chi connectivity index (χ4v) is 1.61. The van der Waals surface area contributed by atoms with Gasteiger partial charge in [-0.1, -0.05) is 20.8 Å². The Morgan fingerprint density at radius 1 is 1.44 bits per heavy atom. The van der Waals surface area contributed by atoms with Crippen LogP contribution >= 0.6 is 0 Å². The van der Waals surface area contributed by atoms with Crippen LogP contribution in [0.15, 0.2) is 0 Å². The largest absolute Gasteiger partial charge is 0.443 e. The van der Waals surface area contributed by atoms with Gasteiger partial charge in [0, 0.05) is 6.04 Å². The van der Waals surface area contributed by atoms with Crippen molar-refractivity contribution in [1.29, 1.82) is 0 Å². The molecule has 94 valence electrons. The van der Waals surface area contributed by atoms with Gasteiger partial charge in [-0.05, 0) is 31.6 Å². The number of hydrogen-bond donors (Lipinski definition) is 2.